The molecule has 1 saturated heterocycles. The smallest absolute Gasteiger partial charge is 0.0346 e. The van der Waals surface area contributed by atoms with Gasteiger partial charge >= 0.3 is 0 Å². The summed E-state index contributed by atoms with van der Waals surface area (Å²) in [5.74, 6) is 0. The molecule has 0 aromatic heterocycles. The highest BCUT2D eigenvalue weighted by molar-refractivity contribution is 9.10. The Kier molecular flexibility index (Phi) is 5.07. The molecule has 1 aromatic carbocycles. The third kappa shape index (κ3) is 3.72. The number of rotatable bonds is 5. The topological polar surface area (TPSA) is 15.3 Å². The number of hydrogen-bond acceptors (Lipinski definition) is 2. The van der Waals surface area contributed by atoms with Gasteiger partial charge in [-0.2, -0.15) is 0 Å². The van der Waals surface area contributed by atoms with Crippen molar-refractivity contribution in [2.75, 3.05) is 31.5 Å². The molecule has 0 bridgehead atoms. The van der Waals surface area contributed by atoms with E-state index in [0.717, 1.165) is 6.54 Å². The average Bonchev–Trinajstić information content (AvgIpc) is 2.84. The summed E-state index contributed by atoms with van der Waals surface area (Å²) >= 11 is 3.61. The molecule has 1 aromatic rings. The van der Waals surface area contributed by atoms with Gasteiger partial charge in [-0.1, -0.05) is 15.9 Å². The van der Waals surface area contributed by atoms with Gasteiger partial charge in [0.1, 0.15) is 0 Å². The second-order valence-electron chi connectivity index (χ2n) is 5.25. The molecule has 0 unspecified atom stereocenters. The lowest BCUT2D eigenvalue weighted by molar-refractivity contribution is 0.337. The molecular formula is C15H23BrN2. The zero-order valence-electron chi connectivity index (χ0n) is 11.4. The zero-order chi connectivity index (χ0) is 13.0. The number of benzene rings is 1. The molecule has 0 saturated carbocycles. The molecule has 1 aliphatic heterocycles. The molecule has 0 atom stereocenters. The molecule has 0 amide bonds. The molecule has 3 heteroatoms. The van der Waals surface area contributed by atoms with Crippen LogP contribution in [0.1, 0.15) is 30.4 Å². The number of halogens is 1. The van der Waals surface area contributed by atoms with Crippen molar-refractivity contribution in [3.05, 3.63) is 27.7 Å². The van der Waals surface area contributed by atoms with Crippen LogP contribution in [0.25, 0.3) is 0 Å². The lowest BCUT2D eigenvalue weighted by Gasteiger charge is -2.15. The number of hydrogen-bond donors (Lipinski definition) is 1. The Morgan fingerprint density at radius 2 is 1.78 bits per heavy atom. The summed E-state index contributed by atoms with van der Waals surface area (Å²) in [7, 11) is 0. The first-order valence-corrected chi connectivity index (χ1v) is 7.69. The Balaban J connectivity index is 1.76. The molecule has 100 valence electrons. The van der Waals surface area contributed by atoms with E-state index in [9.17, 15) is 0 Å². The largest absolute Gasteiger partial charge is 0.385 e. The van der Waals surface area contributed by atoms with Gasteiger partial charge in [-0.25, -0.2) is 0 Å². The van der Waals surface area contributed by atoms with E-state index in [1.165, 1.54) is 60.2 Å². The Labute approximate surface area is 119 Å². The van der Waals surface area contributed by atoms with Gasteiger partial charge in [0.25, 0.3) is 0 Å². The van der Waals surface area contributed by atoms with E-state index < -0.39 is 0 Å². The van der Waals surface area contributed by atoms with E-state index in [4.69, 9.17) is 0 Å². The Bertz CT molecular complexity index is 374. The van der Waals surface area contributed by atoms with Crippen molar-refractivity contribution in [1.82, 2.24) is 4.90 Å². The molecule has 1 aliphatic rings. The van der Waals surface area contributed by atoms with Gasteiger partial charge < -0.3 is 10.2 Å². The first kappa shape index (κ1) is 13.9. The van der Waals surface area contributed by atoms with Gasteiger partial charge in [0.2, 0.25) is 0 Å². The number of nitrogens with zero attached hydrogens (tertiary/aromatic N) is 1. The van der Waals surface area contributed by atoms with E-state index in [1.54, 1.807) is 0 Å². The normalized spacial score (nSPS) is 16.2. The van der Waals surface area contributed by atoms with E-state index in [-0.39, 0.29) is 0 Å². The van der Waals surface area contributed by atoms with Gasteiger partial charge in [-0.15, -0.1) is 0 Å². The molecule has 1 fully saturated rings. The van der Waals surface area contributed by atoms with E-state index in [0.29, 0.717) is 0 Å². The number of likely N-dealkylation sites (tertiary alicyclic amines) is 1. The Morgan fingerprint density at radius 1 is 1.17 bits per heavy atom. The second kappa shape index (κ2) is 6.58. The lowest BCUT2D eigenvalue weighted by atomic mass is 10.1. The van der Waals surface area contributed by atoms with Gasteiger partial charge in [-0.3, -0.25) is 0 Å². The highest BCUT2D eigenvalue weighted by Gasteiger charge is 2.10. The molecule has 1 heterocycles. The maximum absolute atomic E-state index is 3.61. The third-order valence-electron chi connectivity index (χ3n) is 3.62. The highest BCUT2D eigenvalue weighted by atomic mass is 79.9. The van der Waals surface area contributed by atoms with Crippen LogP contribution in [-0.2, 0) is 0 Å². The first-order valence-electron chi connectivity index (χ1n) is 6.90. The summed E-state index contributed by atoms with van der Waals surface area (Å²) in [6.07, 6.45) is 4.01. The minimum absolute atomic E-state index is 1.07. The molecule has 0 radical (unpaired) electrons. The maximum atomic E-state index is 3.61. The molecular weight excluding hydrogens is 288 g/mol. The maximum Gasteiger partial charge on any atom is 0.0346 e. The first-order chi connectivity index (χ1) is 8.66. The third-order valence-corrected chi connectivity index (χ3v) is 4.87. The number of anilines is 1. The van der Waals surface area contributed by atoms with E-state index in [2.05, 4.69) is 52.1 Å². The SMILES string of the molecule is Cc1cc(NCCCN2CCCC2)cc(C)c1Br. The molecule has 2 rings (SSSR count). The van der Waals surface area contributed by atoms with E-state index >= 15 is 0 Å². The average molecular weight is 311 g/mol. The van der Waals surface area contributed by atoms with Gasteiger partial charge in [0.15, 0.2) is 0 Å². The van der Waals surface area contributed by atoms with Gasteiger partial charge in [-0.05, 0) is 76.0 Å². The van der Waals surface area contributed by atoms with Crippen LogP contribution in [0.4, 0.5) is 5.69 Å². The molecule has 0 spiro atoms. The Hall–Kier alpha value is -0.540. The molecule has 1 N–H and O–H groups in total. The fraction of sp³-hybridized carbons (Fsp3) is 0.600. The van der Waals surface area contributed by atoms with Crippen LogP contribution in [0.5, 0.6) is 0 Å². The Morgan fingerprint density at radius 3 is 2.39 bits per heavy atom. The summed E-state index contributed by atoms with van der Waals surface area (Å²) < 4.78 is 1.23. The van der Waals surface area contributed by atoms with Crippen LogP contribution >= 0.6 is 15.9 Å². The van der Waals surface area contributed by atoms with Crippen LogP contribution in [0.15, 0.2) is 16.6 Å². The van der Waals surface area contributed by atoms with E-state index in [1.807, 2.05) is 0 Å². The summed E-state index contributed by atoms with van der Waals surface area (Å²) in [6, 6.07) is 4.43. The minimum Gasteiger partial charge on any atom is -0.385 e. The predicted octanol–water partition coefficient (Wildman–Crippen LogP) is 3.96. The van der Waals surface area contributed by atoms with Crippen LogP contribution in [0.3, 0.4) is 0 Å². The minimum atomic E-state index is 1.07. The summed E-state index contributed by atoms with van der Waals surface area (Å²) in [5, 5.41) is 3.53. The van der Waals surface area contributed by atoms with Crippen molar-refractivity contribution in [2.45, 2.75) is 33.1 Å². The number of aryl methyl sites for hydroxylation is 2. The van der Waals surface area contributed by atoms with Crippen LogP contribution < -0.4 is 5.32 Å². The zero-order valence-corrected chi connectivity index (χ0v) is 13.0. The van der Waals surface area contributed by atoms with Crippen molar-refractivity contribution in [3.8, 4) is 0 Å². The van der Waals surface area contributed by atoms with Crippen molar-refractivity contribution >= 4 is 21.6 Å². The second-order valence-corrected chi connectivity index (χ2v) is 6.05. The van der Waals surface area contributed by atoms with Crippen molar-refractivity contribution < 1.29 is 0 Å². The van der Waals surface area contributed by atoms with Crippen molar-refractivity contribution in [3.63, 3.8) is 0 Å². The summed E-state index contributed by atoms with van der Waals surface area (Å²) in [6.45, 7) is 9.20. The van der Waals surface area contributed by atoms with Crippen molar-refractivity contribution in [2.24, 2.45) is 0 Å². The lowest BCUT2D eigenvalue weighted by Crippen LogP contribution is -2.22. The van der Waals surface area contributed by atoms with Gasteiger partial charge in [0.05, 0.1) is 0 Å². The van der Waals surface area contributed by atoms with Crippen LogP contribution in [0.2, 0.25) is 0 Å². The fourth-order valence-corrected chi connectivity index (χ4v) is 2.82. The summed E-state index contributed by atoms with van der Waals surface area (Å²) in [5.41, 5.74) is 3.85. The van der Waals surface area contributed by atoms with Crippen LogP contribution in [-0.4, -0.2) is 31.1 Å². The standard InChI is InChI=1S/C15H23BrN2/c1-12-10-14(11-13(2)15(12)16)17-6-5-9-18-7-3-4-8-18/h10-11,17H,3-9H2,1-2H3. The monoisotopic (exact) mass is 310 g/mol. The quantitative estimate of drug-likeness (QED) is 0.828. The number of nitrogens with one attached hydrogen (secondary N) is 1. The molecule has 18 heavy (non-hydrogen) atoms. The highest BCUT2D eigenvalue weighted by Crippen LogP contribution is 2.24. The van der Waals surface area contributed by atoms with Crippen molar-refractivity contribution in [1.29, 1.82) is 0 Å². The fourth-order valence-electron chi connectivity index (χ4n) is 2.59. The molecule has 0 aliphatic carbocycles. The summed E-state index contributed by atoms with van der Waals surface area (Å²) in [4.78, 5) is 2.57. The predicted molar refractivity (Wildman–Crippen MR) is 82.4 cm³/mol. The van der Waals surface area contributed by atoms with Gasteiger partial charge in [0, 0.05) is 16.7 Å². The van der Waals surface area contributed by atoms with Crippen LogP contribution in [0, 0.1) is 13.8 Å². The molecule has 2 nitrogen and oxygen atoms in total.